The number of carboxylic acids is 1. The summed E-state index contributed by atoms with van der Waals surface area (Å²) in [4.78, 5) is 18.2. The Balaban J connectivity index is 1.76. The predicted molar refractivity (Wildman–Crippen MR) is 87.3 cm³/mol. The Kier molecular flexibility index (Phi) is 5.00. The number of hydrogen-bond donors (Lipinski definition) is 1. The second-order valence-corrected chi connectivity index (χ2v) is 5.63. The molecule has 1 aromatic carbocycles. The van der Waals surface area contributed by atoms with Crippen molar-refractivity contribution in [1.29, 1.82) is 0 Å². The molecule has 1 aromatic heterocycles. The molecule has 5 heteroatoms. The van der Waals surface area contributed by atoms with E-state index in [0.717, 1.165) is 50.5 Å². The van der Waals surface area contributed by atoms with Crippen LogP contribution in [0.4, 0.5) is 0 Å². The molecule has 0 bridgehead atoms. The number of rotatable bonds is 4. The van der Waals surface area contributed by atoms with Gasteiger partial charge in [-0.05, 0) is 24.1 Å². The molecule has 0 unspecified atom stereocenters. The molecule has 0 aliphatic carbocycles. The van der Waals surface area contributed by atoms with Crippen molar-refractivity contribution < 1.29 is 14.6 Å². The predicted octanol–water partition coefficient (Wildman–Crippen LogP) is 2.67. The average Bonchev–Trinajstić information content (AvgIpc) is 2.84. The van der Waals surface area contributed by atoms with Crippen molar-refractivity contribution in [2.45, 2.75) is 13.0 Å². The van der Waals surface area contributed by atoms with Crippen LogP contribution >= 0.6 is 0 Å². The second kappa shape index (κ2) is 7.35. The third-order valence-electron chi connectivity index (χ3n) is 3.99. The first kappa shape index (κ1) is 15.6. The number of hydrogen-bond acceptors (Lipinski definition) is 4. The van der Waals surface area contributed by atoms with E-state index in [4.69, 9.17) is 4.74 Å². The van der Waals surface area contributed by atoms with Gasteiger partial charge in [0, 0.05) is 38.0 Å². The minimum atomic E-state index is -0.922. The Labute approximate surface area is 135 Å². The van der Waals surface area contributed by atoms with E-state index >= 15 is 0 Å². The van der Waals surface area contributed by atoms with Gasteiger partial charge in [0.1, 0.15) is 0 Å². The molecule has 1 aliphatic rings. The summed E-state index contributed by atoms with van der Waals surface area (Å²) in [7, 11) is 0. The molecule has 3 rings (SSSR count). The fraction of sp³-hybridized carbons (Fsp3) is 0.333. The molecule has 2 heterocycles. The van der Waals surface area contributed by atoms with Gasteiger partial charge in [-0.15, -0.1) is 0 Å². The van der Waals surface area contributed by atoms with Gasteiger partial charge in [0.15, 0.2) is 0 Å². The van der Waals surface area contributed by atoms with Crippen LogP contribution in [0, 0.1) is 0 Å². The molecular formula is C18H20N2O3. The highest BCUT2D eigenvalue weighted by Gasteiger charge is 2.13. The summed E-state index contributed by atoms with van der Waals surface area (Å²) in [6.45, 7) is 4.33. The maximum atomic E-state index is 11.3. The summed E-state index contributed by atoms with van der Waals surface area (Å²) in [6.07, 6.45) is 2.80. The van der Waals surface area contributed by atoms with E-state index in [-0.39, 0.29) is 0 Å². The lowest BCUT2D eigenvalue weighted by Gasteiger charge is -2.18. The van der Waals surface area contributed by atoms with Gasteiger partial charge >= 0.3 is 5.97 Å². The van der Waals surface area contributed by atoms with E-state index in [1.165, 1.54) is 0 Å². The highest BCUT2D eigenvalue weighted by atomic mass is 16.5. The normalized spacial score (nSPS) is 16.0. The molecule has 0 radical (unpaired) electrons. The smallest absolute Gasteiger partial charge is 0.336 e. The Morgan fingerprint density at radius 1 is 1.17 bits per heavy atom. The third kappa shape index (κ3) is 3.94. The molecular weight excluding hydrogens is 292 g/mol. The number of carboxylic acid groups (broad SMARTS) is 1. The summed E-state index contributed by atoms with van der Waals surface area (Å²) < 4.78 is 5.46. The summed E-state index contributed by atoms with van der Waals surface area (Å²) in [6, 6.07) is 10.9. The molecule has 5 nitrogen and oxygen atoms in total. The fourth-order valence-electron chi connectivity index (χ4n) is 2.78. The Morgan fingerprint density at radius 3 is 2.83 bits per heavy atom. The van der Waals surface area contributed by atoms with Crippen molar-refractivity contribution in [3.63, 3.8) is 0 Å². The molecule has 0 saturated carbocycles. The van der Waals surface area contributed by atoms with Crippen molar-refractivity contribution in [3.05, 3.63) is 53.9 Å². The lowest BCUT2D eigenvalue weighted by atomic mass is 10.0. The number of benzene rings is 1. The minimum absolute atomic E-state index is 0.298. The van der Waals surface area contributed by atoms with Crippen LogP contribution in [0.2, 0.25) is 0 Å². The van der Waals surface area contributed by atoms with E-state index in [1.807, 2.05) is 24.3 Å². The molecule has 1 saturated heterocycles. The molecule has 0 amide bonds. The first-order valence-electron chi connectivity index (χ1n) is 7.82. The maximum Gasteiger partial charge on any atom is 0.336 e. The highest BCUT2D eigenvalue weighted by Crippen LogP contribution is 2.23. The van der Waals surface area contributed by atoms with E-state index in [0.29, 0.717) is 11.1 Å². The number of nitrogens with zero attached hydrogens (tertiary/aromatic N) is 2. The molecule has 120 valence electrons. The third-order valence-corrected chi connectivity index (χ3v) is 3.99. The van der Waals surface area contributed by atoms with Gasteiger partial charge in [-0.3, -0.25) is 9.88 Å². The molecule has 0 spiro atoms. The number of ether oxygens (including phenoxy) is 1. The van der Waals surface area contributed by atoms with E-state index in [2.05, 4.69) is 9.88 Å². The second-order valence-electron chi connectivity index (χ2n) is 5.63. The summed E-state index contributed by atoms with van der Waals surface area (Å²) in [5.74, 6) is -0.922. The van der Waals surface area contributed by atoms with Gasteiger partial charge in [0.2, 0.25) is 0 Å². The van der Waals surface area contributed by atoms with Gasteiger partial charge in [0.05, 0.1) is 17.9 Å². The largest absolute Gasteiger partial charge is 0.478 e. The molecule has 1 fully saturated rings. The van der Waals surface area contributed by atoms with Crippen LogP contribution in [0.1, 0.15) is 22.5 Å². The lowest BCUT2D eigenvalue weighted by Crippen LogP contribution is -2.26. The van der Waals surface area contributed by atoms with Crippen LogP contribution in [0.15, 0.2) is 42.6 Å². The van der Waals surface area contributed by atoms with E-state index < -0.39 is 5.97 Å². The van der Waals surface area contributed by atoms with Gasteiger partial charge in [0.25, 0.3) is 0 Å². The zero-order valence-electron chi connectivity index (χ0n) is 12.9. The van der Waals surface area contributed by atoms with Crippen LogP contribution in [0.5, 0.6) is 0 Å². The van der Waals surface area contributed by atoms with Crippen molar-refractivity contribution in [3.8, 4) is 11.1 Å². The number of carbonyl (C=O) groups is 1. The van der Waals surface area contributed by atoms with Crippen molar-refractivity contribution >= 4 is 5.97 Å². The number of aromatic carboxylic acids is 1. The molecule has 1 aliphatic heterocycles. The first-order chi connectivity index (χ1) is 11.2. The zero-order chi connectivity index (χ0) is 16.1. The Hall–Kier alpha value is -2.24. The molecule has 1 N–H and O–H groups in total. The molecule has 2 aromatic rings. The SMILES string of the molecule is O=C(O)c1ccccc1-c1ccc(CN2CCCOCC2)nc1. The summed E-state index contributed by atoms with van der Waals surface area (Å²) in [5, 5.41) is 9.29. The first-order valence-corrected chi connectivity index (χ1v) is 7.82. The van der Waals surface area contributed by atoms with E-state index in [1.54, 1.807) is 18.3 Å². The Morgan fingerprint density at radius 2 is 2.04 bits per heavy atom. The van der Waals surface area contributed by atoms with Gasteiger partial charge in [-0.25, -0.2) is 4.79 Å². The Bertz CT molecular complexity index is 662. The average molecular weight is 312 g/mol. The maximum absolute atomic E-state index is 11.3. The van der Waals surface area contributed by atoms with Gasteiger partial charge in [-0.2, -0.15) is 0 Å². The van der Waals surface area contributed by atoms with Crippen LogP contribution in [-0.2, 0) is 11.3 Å². The van der Waals surface area contributed by atoms with Crippen LogP contribution < -0.4 is 0 Å². The summed E-state index contributed by atoms with van der Waals surface area (Å²) in [5.41, 5.74) is 2.81. The van der Waals surface area contributed by atoms with Crippen LogP contribution in [0.25, 0.3) is 11.1 Å². The fourth-order valence-corrected chi connectivity index (χ4v) is 2.78. The minimum Gasteiger partial charge on any atom is -0.478 e. The lowest BCUT2D eigenvalue weighted by molar-refractivity contribution is 0.0697. The summed E-state index contributed by atoms with van der Waals surface area (Å²) >= 11 is 0. The molecule has 23 heavy (non-hydrogen) atoms. The van der Waals surface area contributed by atoms with Crippen LogP contribution in [-0.4, -0.2) is 47.3 Å². The number of pyridine rings is 1. The van der Waals surface area contributed by atoms with Crippen molar-refractivity contribution in [2.24, 2.45) is 0 Å². The topological polar surface area (TPSA) is 62.7 Å². The monoisotopic (exact) mass is 312 g/mol. The zero-order valence-corrected chi connectivity index (χ0v) is 12.9. The number of aromatic nitrogens is 1. The van der Waals surface area contributed by atoms with Crippen molar-refractivity contribution in [2.75, 3.05) is 26.3 Å². The highest BCUT2D eigenvalue weighted by molar-refractivity contribution is 5.95. The standard InChI is InChI=1S/C18H20N2O3/c21-18(22)17-5-2-1-4-16(17)14-6-7-15(19-12-14)13-20-8-3-10-23-11-9-20/h1-2,4-7,12H,3,8-11,13H2,(H,21,22). The van der Waals surface area contributed by atoms with Crippen molar-refractivity contribution in [1.82, 2.24) is 9.88 Å². The quantitative estimate of drug-likeness (QED) is 0.940. The van der Waals surface area contributed by atoms with Crippen LogP contribution in [0.3, 0.4) is 0 Å². The molecule has 0 atom stereocenters. The van der Waals surface area contributed by atoms with Gasteiger partial charge < -0.3 is 9.84 Å². The van der Waals surface area contributed by atoms with E-state index in [9.17, 15) is 9.90 Å². The van der Waals surface area contributed by atoms with Gasteiger partial charge in [-0.1, -0.05) is 24.3 Å².